The van der Waals surface area contributed by atoms with Gasteiger partial charge in [0, 0.05) is 42.0 Å². The SMILES string of the molecule is CSc1ccc([C@@H](c2oc3ccccc3c2NC(=O)c2ccc(C)cc2)N2CCN(C)CC2)cc1. The second-order valence-electron chi connectivity index (χ2n) is 9.17. The Balaban J connectivity index is 1.60. The summed E-state index contributed by atoms with van der Waals surface area (Å²) in [6.45, 7) is 5.85. The number of likely N-dealkylation sites (N-methyl/N-ethyl adjacent to an activating group) is 1. The van der Waals surface area contributed by atoms with E-state index < -0.39 is 0 Å². The molecule has 1 aromatic heterocycles. The third kappa shape index (κ3) is 5.01. The zero-order valence-corrected chi connectivity index (χ0v) is 21.3. The molecule has 1 aliphatic heterocycles. The molecule has 1 aliphatic rings. The molecule has 1 amide bonds. The van der Waals surface area contributed by atoms with Crippen LogP contribution in [0.5, 0.6) is 0 Å². The number of amides is 1. The predicted molar refractivity (Wildman–Crippen MR) is 144 cm³/mol. The number of thioether (sulfide) groups is 1. The van der Waals surface area contributed by atoms with Gasteiger partial charge in [-0.15, -0.1) is 11.8 Å². The summed E-state index contributed by atoms with van der Waals surface area (Å²) in [5.41, 5.74) is 4.45. The van der Waals surface area contributed by atoms with E-state index in [1.165, 1.54) is 4.90 Å². The van der Waals surface area contributed by atoms with Crippen molar-refractivity contribution >= 4 is 34.3 Å². The van der Waals surface area contributed by atoms with E-state index in [9.17, 15) is 4.79 Å². The maximum Gasteiger partial charge on any atom is 0.255 e. The fraction of sp³-hybridized carbons (Fsp3) is 0.276. The fourth-order valence-corrected chi connectivity index (χ4v) is 5.08. The molecule has 5 nitrogen and oxygen atoms in total. The number of rotatable bonds is 6. The van der Waals surface area contributed by atoms with Crippen LogP contribution in [-0.2, 0) is 0 Å². The van der Waals surface area contributed by atoms with Crippen molar-refractivity contribution in [3.05, 3.63) is 95.2 Å². The van der Waals surface area contributed by atoms with E-state index in [1.54, 1.807) is 11.8 Å². The van der Waals surface area contributed by atoms with Crippen LogP contribution in [0.15, 0.2) is 82.1 Å². The van der Waals surface area contributed by atoms with Gasteiger partial charge in [-0.25, -0.2) is 0 Å². The first-order valence-electron chi connectivity index (χ1n) is 12.0. The molecule has 180 valence electrons. The van der Waals surface area contributed by atoms with E-state index in [1.807, 2.05) is 55.5 Å². The number of carbonyl (C=O) groups excluding carboxylic acids is 1. The summed E-state index contributed by atoms with van der Waals surface area (Å²) < 4.78 is 6.53. The molecule has 2 heterocycles. The standard InChI is InChI=1S/C29H31N3O2S/c1-20-8-10-22(11-9-20)29(33)30-26-24-6-4-5-7-25(24)34-28(26)27(32-18-16-31(2)17-19-32)21-12-14-23(35-3)15-13-21/h4-15,27H,16-19H2,1-3H3,(H,30,33)/t27-/m0/s1. The van der Waals surface area contributed by atoms with Crippen molar-refractivity contribution in [2.24, 2.45) is 0 Å². The minimum atomic E-state index is -0.132. The maximum atomic E-state index is 13.3. The molecule has 3 aromatic carbocycles. The Bertz CT molecular complexity index is 1310. The van der Waals surface area contributed by atoms with Crippen molar-refractivity contribution in [3.63, 3.8) is 0 Å². The second kappa shape index (κ2) is 10.3. The number of nitrogens with zero attached hydrogens (tertiary/aromatic N) is 2. The molecule has 0 spiro atoms. The minimum absolute atomic E-state index is 0.0969. The van der Waals surface area contributed by atoms with Crippen LogP contribution in [-0.4, -0.2) is 55.2 Å². The number of carbonyl (C=O) groups is 1. The number of piperazine rings is 1. The van der Waals surface area contributed by atoms with Crippen LogP contribution < -0.4 is 5.32 Å². The van der Waals surface area contributed by atoms with Crippen molar-refractivity contribution in [1.82, 2.24) is 9.80 Å². The van der Waals surface area contributed by atoms with Crippen LogP contribution in [0.3, 0.4) is 0 Å². The Morgan fingerprint density at radius 3 is 2.31 bits per heavy atom. The number of para-hydroxylation sites is 1. The van der Waals surface area contributed by atoms with Gasteiger partial charge >= 0.3 is 0 Å². The molecule has 4 aromatic rings. The highest BCUT2D eigenvalue weighted by molar-refractivity contribution is 7.98. The van der Waals surface area contributed by atoms with E-state index in [2.05, 4.69) is 52.7 Å². The highest BCUT2D eigenvalue weighted by atomic mass is 32.2. The van der Waals surface area contributed by atoms with E-state index >= 15 is 0 Å². The number of hydrogen-bond donors (Lipinski definition) is 1. The Labute approximate surface area is 211 Å². The Hall–Kier alpha value is -3.06. The van der Waals surface area contributed by atoms with Crippen molar-refractivity contribution in [2.75, 3.05) is 44.8 Å². The summed E-state index contributed by atoms with van der Waals surface area (Å²) in [4.78, 5) is 19.3. The zero-order chi connectivity index (χ0) is 24.4. The van der Waals surface area contributed by atoms with E-state index in [4.69, 9.17) is 4.42 Å². The highest BCUT2D eigenvalue weighted by Crippen LogP contribution is 2.41. The van der Waals surface area contributed by atoms with E-state index in [0.29, 0.717) is 5.56 Å². The molecular weight excluding hydrogens is 454 g/mol. The van der Waals surface area contributed by atoms with Crippen molar-refractivity contribution in [1.29, 1.82) is 0 Å². The molecule has 5 rings (SSSR count). The third-order valence-electron chi connectivity index (χ3n) is 6.76. The molecule has 0 saturated carbocycles. The van der Waals surface area contributed by atoms with Gasteiger partial charge in [0.15, 0.2) is 0 Å². The fourth-order valence-electron chi connectivity index (χ4n) is 4.67. The van der Waals surface area contributed by atoms with Gasteiger partial charge in [-0.2, -0.15) is 0 Å². The third-order valence-corrected chi connectivity index (χ3v) is 7.50. The molecule has 6 heteroatoms. The van der Waals surface area contributed by atoms with Crippen LogP contribution in [0.4, 0.5) is 5.69 Å². The first kappa shape index (κ1) is 23.7. The van der Waals surface area contributed by atoms with Crippen LogP contribution >= 0.6 is 11.8 Å². The minimum Gasteiger partial charge on any atom is -0.457 e. The summed E-state index contributed by atoms with van der Waals surface area (Å²) >= 11 is 1.73. The lowest BCUT2D eigenvalue weighted by Gasteiger charge is -2.37. The number of fused-ring (bicyclic) bond motifs is 1. The van der Waals surface area contributed by atoms with Gasteiger partial charge in [-0.1, -0.05) is 42.0 Å². The van der Waals surface area contributed by atoms with Gasteiger partial charge in [-0.3, -0.25) is 9.69 Å². The first-order chi connectivity index (χ1) is 17.0. The lowest BCUT2D eigenvalue weighted by molar-refractivity contribution is 0.102. The lowest BCUT2D eigenvalue weighted by atomic mass is 10.00. The number of nitrogens with one attached hydrogen (secondary N) is 1. The molecule has 0 unspecified atom stereocenters. The van der Waals surface area contributed by atoms with Crippen LogP contribution in [0.1, 0.15) is 33.3 Å². The molecule has 1 saturated heterocycles. The summed E-state index contributed by atoms with van der Waals surface area (Å²) in [5.74, 6) is 0.653. The van der Waals surface area contributed by atoms with Crippen LogP contribution in [0.2, 0.25) is 0 Å². The van der Waals surface area contributed by atoms with Gasteiger partial charge in [0.25, 0.3) is 5.91 Å². The summed E-state index contributed by atoms with van der Waals surface area (Å²) in [5, 5.41) is 4.14. The van der Waals surface area contributed by atoms with Gasteiger partial charge < -0.3 is 14.6 Å². The first-order valence-corrected chi connectivity index (χ1v) is 13.2. The number of furan rings is 1. The highest BCUT2D eigenvalue weighted by Gasteiger charge is 2.32. The van der Waals surface area contributed by atoms with Crippen molar-refractivity contribution < 1.29 is 9.21 Å². The molecule has 1 N–H and O–H groups in total. The second-order valence-corrected chi connectivity index (χ2v) is 10.1. The van der Waals surface area contributed by atoms with Gasteiger partial charge in [-0.05, 0) is 62.2 Å². The largest absolute Gasteiger partial charge is 0.457 e. The van der Waals surface area contributed by atoms with E-state index in [0.717, 1.165) is 59.7 Å². The van der Waals surface area contributed by atoms with Gasteiger partial charge in [0.05, 0.1) is 11.7 Å². The summed E-state index contributed by atoms with van der Waals surface area (Å²) in [7, 11) is 2.16. The number of aryl methyl sites for hydroxylation is 1. The average Bonchev–Trinajstić information content (AvgIpc) is 3.24. The van der Waals surface area contributed by atoms with Gasteiger partial charge in [0.2, 0.25) is 0 Å². The summed E-state index contributed by atoms with van der Waals surface area (Å²) in [6.07, 6.45) is 2.09. The molecule has 35 heavy (non-hydrogen) atoms. The number of hydrogen-bond acceptors (Lipinski definition) is 5. The molecule has 1 atom stereocenters. The topological polar surface area (TPSA) is 48.7 Å². The number of benzene rings is 3. The van der Waals surface area contributed by atoms with E-state index in [-0.39, 0.29) is 11.9 Å². The van der Waals surface area contributed by atoms with Crippen molar-refractivity contribution in [3.8, 4) is 0 Å². The monoisotopic (exact) mass is 485 g/mol. The van der Waals surface area contributed by atoms with Crippen LogP contribution in [0.25, 0.3) is 11.0 Å². The lowest BCUT2D eigenvalue weighted by Crippen LogP contribution is -2.46. The molecule has 1 fully saturated rings. The summed E-state index contributed by atoms with van der Waals surface area (Å²) in [6, 6.07) is 24.2. The predicted octanol–water partition coefficient (Wildman–Crippen LogP) is 6.05. The normalized spacial score (nSPS) is 15.9. The number of anilines is 1. The van der Waals surface area contributed by atoms with Crippen molar-refractivity contribution in [2.45, 2.75) is 17.9 Å². The smallest absolute Gasteiger partial charge is 0.255 e. The molecule has 0 bridgehead atoms. The Morgan fingerprint density at radius 1 is 0.943 bits per heavy atom. The Morgan fingerprint density at radius 2 is 1.63 bits per heavy atom. The Kier molecular flexibility index (Phi) is 6.95. The average molecular weight is 486 g/mol. The van der Waals surface area contributed by atoms with Crippen LogP contribution in [0, 0.1) is 6.92 Å². The molecular formula is C29H31N3O2S. The quantitative estimate of drug-likeness (QED) is 0.337. The zero-order valence-electron chi connectivity index (χ0n) is 20.5. The molecule has 0 aliphatic carbocycles. The maximum absolute atomic E-state index is 13.3. The van der Waals surface area contributed by atoms with Gasteiger partial charge in [0.1, 0.15) is 11.3 Å². The molecule has 0 radical (unpaired) electrons.